The first-order chi connectivity index (χ1) is 28.7. The molecule has 0 aromatic heterocycles. The average molecular weight is 864 g/mol. The number of alkyl halides is 3. The normalized spacial score (nSPS) is 19.4. The number of carbonyl (C=O) groups excluding carboxylic acids is 4. The van der Waals surface area contributed by atoms with Crippen LogP contribution in [-0.4, -0.2) is 152 Å². The highest BCUT2D eigenvalue weighted by atomic mass is 35.5. The predicted molar refractivity (Wildman–Crippen MR) is 220 cm³/mol. The lowest BCUT2D eigenvalue weighted by molar-refractivity contribution is -0.152. The Kier molecular flexibility index (Phi) is 15.4. The number of hydrogen-bond acceptors (Lipinski definition) is 10. The van der Waals surface area contributed by atoms with Gasteiger partial charge in [0.05, 0.1) is 29.0 Å². The minimum absolute atomic E-state index is 0.0511. The van der Waals surface area contributed by atoms with E-state index in [1.807, 2.05) is 43.3 Å². The Morgan fingerprint density at radius 3 is 2.28 bits per heavy atom. The molecule has 4 aliphatic heterocycles. The topological polar surface area (TPSA) is 150 Å². The zero-order valence-electron chi connectivity index (χ0n) is 34.4. The standard InChI is InChI=1S/C42H57ClF3N7O7/c1-49(2)15-5-23-58-37(54)27-59-32-13-20-50(21-14-32)30-9-16-51(17-10-30)39(55)36(26-28-24-33(42(44,45)46)38(47)34(43)25-28)60-41(57)52-18-11-31(12-19-52)53-22-8-29-6-3-4-7-35(29)48-40(53)56/h3-4,6-7,24-25,30-32,36H,5,8-23,26-27,47H2,1-2H3,(H,48,56)/t36-/m1/s1. The number of halogens is 4. The second kappa shape index (κ2) is 20.5. The molecule has 4 amide bonds. The molecule has 3 fully saturated rings. The first-order valence-corrected chi connectivity index (χ1v) is 21.2. The largest absolute Gasteiger partial charge is 0.464 e. The van der Waals surface area contributed by atoms with E-state index in [0.717, 1.165) is 56.2 Å². The van der Waals surface area contributed by atoms with Crippen LogP contribution in [0.2, 0.25) is 5.02 Å². The number of rotatable bonds is 13. The van der Waals surface area contributed by atoms with Crippen LogP contribution < -0.4 is 11.1 Å². The highest BCUT2D eigenvalue weighted by molar-refractivity contribution is 6.33. The van der Waals surface area contributed by atoms with Gasteiger partial charge in [-0.3, -0.25) is 4.79 Å². The number of nitrogens with one attached hydrogen (secondary N) is 1. The number of amides is 4. The number of nitrogens with zero attached hydrogens (tertiary/aromatic N) is 5. The van der Waals surface area contributed by atoms with Crippen LogP contribution in [-0.2, 0) is 42.8 Å². The number of anilines is 2. The van der Waals surface area contributed by atoms with E-state index in [1.165, 1.54) is 11.0 Å². The monoisotopic (exact) mass is 863 g/mol. The van der Waals surface area contributed by atoms with Crippen LogP contribution in [0.15, 0.2) is 36.4 Å². The summed E-state index contributed by atoms with van der Waals surface area (Å²) in [6.07, 6.45) is -2.11. The number of ether oxygens (including phenoxy) is 3. The molecule has 4 aliphatic rings. The van der Waals surface area contributed by atoms with Crippen LogP contribution in [0, 0.1) is 0 Å². The van der Waals surface area contributed by atoms with Crippen LogP contribution in [0.1, 0.15) is 61.6 Å². The molecular weight excluding hydrogens is 807 g/mol. The Labute approximate surface area is 354 Å². The number of piperidine rings is 3. The minimum Gasteiger partial charge on any atom is -0.464 e. The molecule has 0 saturated carbocycles. The van der Waals surface area contributed by atoms with Crippen molar-refractivity contribution >= 4 is 47.0 Å². The Bertz CT molecular complexity index is 1810. The molecule has 330 valence electrons. The van der Waals surface area contributed by atoms with Crippen LogP contribution in [0.4, 0.5) is 34.1 Å². The molecule has 0 spiro atoms. The fourth-order valence-electron chi connectivity index (χ4n) is 8.57. The number of esters is 1. The molecule has 0 unspecified atom stereocenters. The lowest BCUT2D eigenvalue weighted by Gasteiger charge is -2.42. The third-order valence-electron chi connectivity index (χ3n) is 12.0. The zero-order chi connectivity index (χ0) is 43.0. The molecule has 0 aliphatic carbocycles. The van der Waals surface area contributed by atoms with Gasteiger partial charge in [0.1, 0.15) is 6.61 Å². The van der Waals surface area contributed by atoms with E-state index in [1.54, 1.807) is 9.80 Å². The van der Waals surface area contributed by atoms with Crippen molar-refractivity contribution < 1.29 is 46.6 Å². The van der Waals surface area contributed by atoms with Crippen molar-refractivity contribution in [2.75, 3.05) is 90.7 Å². The van der Waals surface area contributed by atoms with Gasteiger partial charge in [-0.05, 0) is 94.8 Å². The highest BCUT2D eigenvalue weighted by Gasteiger charge is 2.39. The van der Waals surface area contributed by atoms with E-state index in [-0.39, 0.29) is 66.9 Å². The van der Waals surface area contributed by atoms with Gasteiger partial charge in [-0.15, -0.1) is 0 Å². The maximum absolute atomic E-state index is 14.2. The van der Waals surface area contributed by atoms with Gasteiger partial charge in [-0.2, -0.15) is 13.2 Å². The maximum atomic E-state index is 14.2. The van der Waals surface area contributed by atoms with Crippen molar-refractivity contribution in [2.24, 2.45) is 0 Å². The molecule has 60 heavy (non-hydrogen) atoms. The van der Waals surface area contributed by atoms with Gasteiger partial charge in [0.2, 0.25) is 0 Å². The number of hydrogen-bond donors (Lipinski definition) is 2. The first kappa shape index (κ1) is 45.2. The number of carbonyl (C=O) groups is 4. The van der Waals surface area contributed by atoms with E-state index in [2.05, 4.69) is 10.2 Å². The van der Waals surface area contributed by atoms with E-state index < -0.39 is 35.5 Å². The first-order valence-electron chi connectivity index (χ1n) is 20.9. The van der Waals surface area contributed by atoms with E-state index in [9.17, 15) is 32.3 Å². The van der Waals surface area contributed by atoms with Crippen LogP contribution in [0.3, 0.4) is 0 Å². The maximum Gasteiger partial charge on any atom is 0.418 e. The molecule has 3 N–H and O–H groups in total. The zero-order valence-corrected chi connectivity index (χ0v) is 35.1. The predicted octanol–water partition coefficient (Wildman–Crippen LogP) is 5.51. The molecule has 6 rings (SSSR count). The van der Waals surface area contributed by atoms with Gasteiger partial charge in [0.15, 0.2) is 6.10 Å². The number of nitrogens with two attached hydrogens (primary N) is 1. The number of fused-ring (bicyclic) bond motifs is 1. The second-order valence-corrected chi connectivity index (χ2v) is 16.7. The van der Waals surface area contributed by atoms with Crippen molar-refractivity contribution in [1.29, 1.82) is 0 Å². The smallest absolute Gasteiger partial charge is 0.418 e. The minimum atomic E-state index is -4.79. The summed E-state index contributed by atoms with van der Waals surface area (Å²) in [5, 5.41) is 2.67. The van der Waals surface area contributed by atoms with Gasteiger partial charge in [-0.25, -0.2) is 14.4 Å². The summed E-state index contributed by atoms with van der Waals surface area (Å²) in [6, 6.07) is 9.66. The number of likely N-dealkylation sites (tertiary alicyclic amines) is 3. The molecule has 18 heteroatoms. The summed E-state index contributed by atoms with van der Waals surface area (Å²) >= 11 is 6.15. The third kappa shape index (κ3) is 11.9. The Balaban J connectivity index is 1.03. The fourth-order valence-corrected chi connectivity index (χ4v) is 8.81. The molecule has 4 heterocycles. The average Bonchev–Trinajstić information content (AvgIpc) is 3.40. The Morgan fingerprint density at radius 2 is 1.60 bits per heavy atom. The van der Waals surface area contributed by atoms with E-state index in [0.29, 0.717) is 58.3 Å². The molecule has 0 radical (unpaired) electrons. The van der Waals surface area contributed by atoms with E-state index in [4.69, 9.17) is 31.5 Å². The number of urea groups is 1. The Morgan fingerprint density at radius 1 is 0.933 bits per heavy atom. The van der Waals surface area contributed by atoms with Gasteiger partial charge < -0.3 is 49.8 Å². The Hall–Kier alpha value is -4.32. The van der Waals surface area contributed by atoms with Crippen molar-refractivity contribution in [2.45, 2.75) is 88.3 Å². The van der Waals surface area contributed by atoms with Crippen molar-refractivity contribution in [3.8, 4) is 0 Å². The van der Waals surface area contributed by atoms with Crippen LogP contribution >= 0.6 is 11.6 Å². The van der Waals surface area contributed by atoms with Gasteiger partial charge in [0, 0.05) is 76.5 Å². The lowest BCUT2D eigenvalue weighted by Crippen LogP contribution is -2.53. The molecule has 3 saturated heterocycles. The summed E-state index contributed by atoms with van der Waals surface area (Å²) < 4.78 is 58.8. The summed E-state index contributed by atoms with van der Waals surface area (Å²) in [5.41, 5.74) is 5.82. The molecule has 2 aromatic rings. The van der Waals surface area contributed by atoms with Crippen molar-refractivity contribution in [3.63, 3.8) is 0 Å². The van der Waals surface area contributed by atoms with Crippen molar-refractivity contribution in [1.82, 2.24) is 24.5 Å². The third-order valence-corrected chi connectivity index (χ3v) is 12.3. The number of para-hydroxylation sites is 1. The van der Waals surface area contributed by atoms with Gasteiger partial charge in [-0.1, -0.05) is 29.8 Å². The summed E-state index contributed by atoms with van der Waals surface area (Å²) in [5.74, 6) is -0.868. The molecule has 14 nitrogen and oxygen atoms in total. The number of benzene rings is 2. The van der Waals surface area contributed by atoms with Gasteiger partial charge in [0.25, 0.3) is 5.91 Å². The molecule has 0 bridgehead atoms. The quantitative estimate of drug-likeness (QED) is 0.150. The molecule has 2 aromatic carbocycles. The number of nitrogen functional groups attached to an aromatic ring is 1. The molecule has 1 atom stereocenters. The molecular formula is C42H57ClF3N7O7. The summed E-state index contributed by atoms with van der Waals surface area (Å²) in [7, 11) is 3.92. The summed E-state index contributed by atoms with van der Waals surface area (Å²) in [6.45, 7) is 4.45. The summed E-state index contributed by atoms with van der Waals surface area (Å²) in [4.78, 5) is 62.4. The van der Waals surface area contributed by atoms with Crippen molar-refractivity contribution in [3.05, 3.63) is 58.1 Å². The highest BCUT2D eigenvalue weighted by Crippen LogP contribution is 2.38. The fraction of sp³-hybridized carbons (Fsp3) is 0.619. The second-order valence-electron chi connectivity index (χ2n) is 16.3. The van der Waals surface area contributed by atoms with E-state index >= 15 is 0 Å². The lowest BCUT2D eigenvalue weighted by atomic mass is 9.97. The van der Waals surface area contributed by atoms with Gasteiger partial charge >= 0.3 is 24.3 Å². The van der Waals surface area contributed by atoms with Crippen LogP contribution in [0.5, 0.6) is 0 Å². The SMILES string of the molecule is CN(C)CCCOC(=O)COC1CCN(C2CCN(C(=O)[C@@H](Cc3cc(Cl)c(N)c(C(F)(F)F)c3)OC(=O)N3CCC(N4CCc5ccccc5NC4=O)CC3)CC2)CC1. The van der Waals surface area contributed by atoms with Crippen LogP contribution in [0.25, 0.3) is 0 Å².